The fourth-order valence-corrected chi connectivity index (χ4v) is 3.08. The van der Waals surface area contributed by atoms with Crippen LogP contribution in [0, 0.1) is 11.8 Å². The molecule has 1 aliphatic carbocycles. The van der Waals surface area contributed by atoms with Gasteiger partial charge in [-0.05, 0) is 30.9 Å². The number of hydrogen-bond acceptors (Lipinski definition) is 4. The predicted octanol–water partition coefficient (Wildman–Crippen LogP) is 0.871. The van der Waals surface area contributed by atoms with Crippen LogP contribution in [0.1, 0.15) is 12.8 Å². The molecule has 1 aliphatic heterocycles. The average molecular weight is 219 g/mol. The summed E-state index contributed by atoms with van der Waals surface area (Å²) in [4.78, 5) is 6.55. The second kappa shape index (κ2) is 3.63. The summed E-state index contributed by atoms with van der Waals surface area (Å²) in [6.45, 7) is 1.88. The van der Waals surface area contributed by atoms with Crippen molar-refractivity contribution in [1.29, 1.82) is 0 Å². The van der Waals surface area contributed by atoms with Crippen molar-refractivity contribution in [2.45, 2.75) is 18.9 Å². The highest BCUT2D eigenvalue weighted by molar-refractivity contribution is 5.62. The largest absolute Gasteiger partial charge is 0.396 e. The van der Waals surface area contributed by atoms with Crippen LogP contribution in [0.25, 0.3) is 0 Å². The Bertz CT molecular complexity index is 396. The molecule has 0 spiro atoms. The molecule has 86 valence electrons. The van der Waals surface area contributed by atoms with E-state index in [9.17, 15) is 5.11 Å². The van der Waals surface area contributed by atoms with Crippen molar-refractivity contribution in [3.05, 3.63) is 18.3 Å². The van der Waals surface area contributed by atoms with Crippen molar-refractivity contribution < 1.29 is 5.11 Å². The Labute approximate surface area is 95.1 Å². The number of aliphatic hydroxyl groups is 1. The molecule has 16 heavy (non-hydrogen) atoms. The zero-order valence-electron chi connectivity index (χ0n) is 9.21. The summed E-state index contributed by atoms with van der Waals surface area (Å²) in [5.41, 5.74) is 6.65. The minimum atomic E-state index is -0.125. The lowest BCUT2D eigenvalue weighted by molar-refractivity contribution is 0.133. The zero-order chi connectivity index (χ0) is 11.1. The third-order valence-corrected chi connectivity index (χ3v) is 3.94. The van der Waals surface area contributed by atoms with Crippen molar-refractivity contribution in [2.75, 3.05) is 23.7 Å². The fraction of sp³-hybridized carbons (Fsp3) is 0.583. The topological polar surface area (TPSA) is 62.4 Å². The second-order valence-electron chi connectivity index (χ2n) is 4.89. The summed E-state index contributed by atoms with van der Waals surface area (Å²) in [6, 6.07) is 3.73. The van der Waals surface area contributed by atoms with E-state index in [1.54, 1.807) is 6.20 Å². The van der Waals surface area contributed by atoms with Crippen LogP contribution in [-0.2, 0) is 0 Å². The third kappa shape index (κ3) is 1.45. The molecule has 0 amide bonds. The molecular weight excluding hydrogens is 202 g/mol. The van der Waals surface area contributed by atoms with Crippen LogP contribution in [0.3, 0.4) is 0 Å². The van der Waals surface area contributed by atoms with E-state index in [0.29, 0.717) is 11.8 Å². The number of anilines is 2. The lowest BCUT2D eigenvalue weighted by Gasteiger charge is -2.20. The Hall–Kier alpha value is -1.29. The predicted molar refractivity (Wildman–Crippen MR) is 63.1 cm³/mol. The fourth-order valence-electron chi connectivity index (χ4n) is 3.08. The molecule has 2 aliphatic rings. The molecular formula is C12H17N3O. The van der Waals surface area contributed by atoms with Gasteiger partial charge in [0, 0.05) is 25.2 Å². The summed E-state index contributed by atoms with van der Waals surface area (Å²) < 4.78 is 0. The first-order valence-electron chi connectivity index (χ1n) is 5.89. The van der Waals surface area contributed by atoms with Crippen LogP contribution in [0.2, 0.25) is 0 Å². The van der Waals surface area contributed by atoms with E-state index < -0.39 is 0 Å². The Morgan fingerprint density at radius 3 is 3.00 bits per heavy atom. The monoisotopic (exact) mass is 219 g/mol. The number of hydrogen-bond donors (Lipinski definition) is 2. The number of rotatable bonds is 1. The van der Waals surface area contributed by atoms with Gasteiger partial charge in [-0.1, -0.05) is 0 Å². The summed E-state index contributed by atoms with van der Waals surface area (Å²) in [5, 5.41) is 9.86. The minimum absolute atomic E-state index is 0.125. The number of aliphatic hydroxyl groups excluding tert-OH is 1. The van der Waals surface area contributed by atoms with Crippen molar-refractivity contribution in [1.82, 2.24) is 4.98 Å². The zero-order valence-corrected chi connectivity index (χ0v) is 9.21. The van der Waals surface area contributed by atoms with Gasteiger partial charge < -0.3 is 15.7 Å². The number of aromatic nitrogens is 1. The Balaban J connectivity index is 1.82. The highest BCUT2D eigenvalue weighted by Gasteiger charge is 2.42. The van der Waals surface area contributed by atoms with Gasteiger partial charge in [0.1, 0.15) is 0 Å². The van der Waals surface area contributed by atoms with Gasteiger partial charge in [0.2, 0.25) is 0 Å². The van der Waals surface area contributed by atoms with Crippen molar-refractivity contribution in [3.63, 3.8) is 0 Å². The van der Waals surface area contributed by atoms with E-state index in [1.807, 2.05) is 12.1 Å². The molecule has 3 N–H and O–H groups in total. The third-order valence-electron chi connectivity index (χ3n) is 3.94. The summed E-state index contributed by atoms with van der Waals surface area (Å²) in [6.07, 6.45) is 3.74. The van der Waals surface area contributed by atoms with E-state index in [0.717, 1.165) is 37.4 Å². The lowest BCUT2D eigenvalue weighted by atomic mass is 10.00. The molecule has 3 atom stereocenters. The maximum Gasteiger partial charge on any atom is 0.151 e. The van der Waals surface area contributed by atoms with Crippen LogP contribution >= 0.6 is 0 Å². The van der Waals surface area contributed by atoms with E-state index >= 15 is 0 Å². The second-order valence-corrected chi connectivity index (χ2v) is 4.89. The normalized spacial score (nSPS) is 33.1. The van der Waals surface area contributed by atoms with Gasteiger partial charge >= 0.3 is 0 Å². The Morgan fingerprint density at radius 1 is 1.38 bits per heavy atom. The first kappa shape index (κ1) is 9.90. The van der Waals surface area contributed by atoms with Gasteiger partial charge in [-0.15, -0.1) is 0 Å². The number of fused-ring (bicyclic) bond motifs is 1. The van der Waals surface area contributed by atoms with Crippen molar-refractivity contribution in [2.24, 2.45) is 11.8 Å². The summed E-state index contributed by atoms with van der Waals surface area (Å²) in [7, 11) is 0. The van der Waals surface area contributed by atoms with Crippen LogP contribution in [-0.4, -0.2) is 29.3 Å². The number of pyridine rings is 1. The van der Waals surface area contributed by atoms with Gasteiger partial charge in [0.15, 0.2) is 5.82 Å². The van der Waals surface area contributed by atoms with Gasteiger partial charge in [0.25, 0.3) is 0 Å². The molecule has 4 heteroatoms. The summed E-state index contributed by atoms with van der Waals surface area (Å²) >= 11 is 0. The number of nitrogens with zero attached hydrogens (tertiary/aromatic N) is 2. The van der Waals surface area contributed by atoms with Crippen LogP contribution < -0.4 is 10.6 Å². The minimum Gasteiger partial charge on any atom is -0.396 e. The molecule has 4 nitrogen and oxygen atoms in total. The van der Waals surface area contributed by atoms with Gasteiger partial charge in [-0.25, -0.2) is 4.98 Å². The number of nitrogen functional groups attached to an aromatic ring is 1. The molecule has 2 fully saturated rings. The van der Waals surface area contributed by atoms with Crippen LogP contribution in [0.4, 0.5) is 11.5 Å². The SMILES string of the molecule is Nc1cccnc1N1CC2CCC(O)C2C1. The van der Waals surface area contributed by atoms with E-state index in [-0.39, 0.29) is 6.10 Å². The molecule has 1 aromatic rings. The molecule has 0 radical (unpaired) electrons. The smallest absolute Gasteiger partial charge is 0.151 e. The highest BCUT2D eigenvalue weighted by Crippen LogP contribution is 2.40. The molecule has 3 rings (SSSR count). The molecule has 0 bridgehead atoms. The molecule has 2 heterocycles. The van der Waals surface area contributed by atoms with E-state index in [4.69, 9.17) is 5.73 Å². The molecule has 1 saturated carbocycles. The van der Waals surface area contributed by atoms with Crippen molar-refractivity contribution >= 4 is 11.5 Å². The quantitative estimate of drug-likeness (QED) is 0.735. The lowest BCUT2D eigenvalue weighted by Crippen LogP contribution is -2.25. The Morgan fingerprint density at radius 2 is 2.25 bits per heavy atom. The maximum atomic E-state index is 9.86. The maximum absolute atomic E-state index is 9.86. The van der Waals surface area contributed by atoms with E-state index in [2.05, 4.69) is 9.88 Å². The molecule has 3 unspecified atom stereocenters. The van der Waals surface area contributed by atoms with E-state index in [1.165, 1.54) is 0 Å². The van der Waals surface area contributed by atoms with Crippen molar-refractivity contribution in [3.8, 4) is 0 Å². The number of nitrogens with two attached hydrogens (primary N) is 1. The van der Waals surface area contributed by atoms with Gasteiger partial charge in [-0.3, -0.25) is 0 Å². The first-order valence-corrected chi connectivity index (χ1v) is 5.89. The molecule has 1 saturated heterocycles. The summed E-state index contributed by atoms with van der Waals surface area (Å²) in [5.74, 6) is 1.92. The molecule has 0 aromatic carbocycles. The standard InChI is InChI=1S/C12H17N3O/c13-10-2-1-5-14-12(10)15-6-8-3-4-11(16)9(8)7-15/h1-2,5,8-9,11,16H,3-4,6-7,13H2. The van der Waals surface area contributed by atoms with Crippen LogP contribution in [0.15, 0.2) is 18.3 Å². The Kier molecular flexibility index (Phi) is 2.24. The van der Waals surface area contributed by atoms with Crippen LogP contribution in [0.5, 0.6) is 0 Å². The average Bonchev–Trinajstić information content (AvgIpc) is 2.82. The first-order chi connectivity index (χ1) is 7.75. The highest BCUT2D eigenvalue weighted by atomic mass is 16.3. The molecule has 1 aromatic heterocycles. The van der Waals surface area contributed by atoms with Gasteiger partial charge in [0.05, 0.1) is 11.8 Å². The van der Waals surface area contributed by atoms with Gasteiger partial charge in [-0.2, -0.15) is 0 Å².